The van der Waals surface area contributed by atoms with Gasteiger partial charge in [-0.15, -0.1) is 10.2 Å². The Kier molecular flexibility index (Phi) is 3.06. The zero-order valence-corrected chi connectivity index (χ0v) is 15.3. The van der Waals surface area contributed by atoms with Gasteiger partial charge in [-0.2, -0.15) is 9.07 Å². The summed E-state index contributed by atoms with van der Waals surface area (Å²) in [5.41, 5.74) is 4.71. The van der Waals surface area contributed by atoms with Crippen LogP contribution in [0.1, 0.15) is 57.2 Å². The maximum atomic E-state index is 14.6. The van der Waals surface area contributed by atoms with E-state index in [1.165, 1.54) is 19.3 Å². The number of nitrogens with one attached hydrogen (secondary N) is 1. The molecular formula is C18H23FN8. The predicted octanol–water partition coefficient (Wildman–Crippen LogP) is 2.26. The number of hydrogen-bond acceptors (Lipinski definition) is 6. The van der Waals surface area contributed by atoms with Crippen molar-refractivity contribution < 1.29 is 4.39 Å². The molecule has 142 valence electrons. The van der Waals surface area contributed by atoms with Crippen LogP contribution in [0, 0.1) is 17.4 Å². The average Bonchev–Trinajstić information content (AvgIpc) is 3.06. The lowest BCUT2D eigenvalue weighted by Crippen LogP contribution is -2.55. The molecule has 6 rings (SSSR count). The van der Waals surface area contributed by atoms with Gasteiger partial charge >= 0.3 is 0 Å². The van der Waals surface area contributed by atoms with Crippen LogP contribution in [-0.4, -0.2) is 36.7 Å². The van der Waals surface area contributed by atoms with Gasteiger partial charge in [-0.1, -0.05) is 25.0 Å². The fourth-order valence-electron chi connectivity index (χ4n) is 5.06. The zero-order valence-electron chi connectivity index (χ0n) is 15.3. The van der Waals surface area contributed by atoms with Crippen LogP contribution >= 0.6 is 0 Å². The van der Waals surface area contributed by atoms with Gasteiger partial charge in [0.05, 0.1) is 18.1 Å². The van der Waals surface area contributed by atoms with Crippen LogP contribution in [0.4, 0.5) is 10.2 Å². The molecule has 2 aromatic heterocycles. The minimum absolute atomic E-state index is 0.0162. The second-order valence-corrected chi connectivity index (χ2v) is 8.75. The molecule has 2 fully saturated rings. The summed E-state index contributed by atoms with van der Waals surface area (Å²) in [6.07, 6.45) is 10.8. The van der Waals surface area contributed by atoms with E-state index in [1.807, 2.05) is 10.9 Å². The smallest absolute Gasteiger partial charge is 0.283 e. The molecule has 0 saturated heterocycles. The summed E-state index contributed by atoms with van der Waals surface area (Å²) in [4.78, 5) is 6.05. The first-order chi connectivity index (χ1) is 13.1. The summed E-state index contributed by atoms with van der Waals surface area (Å²) in [6.45, 7) is 2.29. The second kappa shape index (κ2) is 5.30. The van der Waals surface area contributed by atoms with Crippen LogP contribution in [-0.2, 0) is 6.42 Å². The Bertz CT molecular complexity index is 926. The molecule has 1 N–H and O–H groups in total. The molecule has 0 aromatic carbocycles. The largest absolute Gasteiger partial charge is 0.291 e. The van der Waals surface area contributed by atoms with E-state index in [0.717, 1.165) is 37.2 Å². The van der Waals surface area contributed by atoms with Crippen molar-refractivity contribution in [1.82, 2.24) is 30.0 Å². The molecule has 0 amide bonds. The molecule has 0 spiro atoms. The van der Waals surface area contributed by atoms with E-state index in [9.17, 15) is 4.39 Å². The molecule has 8 nitrogen and oxygen atoms in total. The summed E-state index contributed by atoms with van der Waals surface area (Å²) < 4.78 is 18.1. The van der Waals surface area contributed by atoms with Crippen molar-refractivity contribution in [2.24, 2.45) is 16.4 Å². The van der Waals surface area contributed by atoms with Crippen LogP contribution in [0.5, 0.6) is 0 Å². The number of rotatable bonds is 2. The Hall–Kier alpha value is -2.45. The number of fused-ring (bicyclic) bond motifs is 6. The van der Waals surface area contributed by atoms with Crippen LogP contribution in [0.3, 0.4) is 0 Å². The molecule has 4 aliphatic rings. The van der Waals surface area contributed by atoms with E-state index in [4.69, 9.17) is 0 Å². The van der Waals surface area contributed by atoms with Crippen LogP contribution in [0.25, 0.3) is 0 Å². The van der Waals surface area contributed by atoms with Gasteiger partial charge in [0.15, 0.2) is 0 Å². The van der Waals surface area contributed by atoms with Crippen LogP contribution in [0.15, 0.2) is 17.5 Å². The van der Waals surface area contributed by atoms with Gasteiger partial charge in [0, 0.05) is 12.0 Å². The van der Waals surface area contributed by atoms with Gasteiger partial charge in [-0.05, 0) is 37.5 Å². The van der Waals surface area contributed by atoms with Crippen molar-refractivity contribution in [3.8, 4) is 0 Å². The van der Waals surface area contributed by atoms with Crippen molar-refractivity contribution in [2.75, 3.05) is 4.90 Å². The van der Waals surface area contributed by atoms with Crippen molar-refractivity contribution in [1.29, 1.82) is 0 Å². The standard InChI is InChI=1S/C18H23FN8/c1-18(6-7-18)8-11-9-21-24-27(11)17-23-22-15-12-4-2-3-5-13(12)25-14(26(15)17)10-20-16(25)19/h9-10,12-13,15,22H,2-8H2,1H3. The van der Waals surface area contributed by atoms with Crippen molar-refractivity contribution in [2.45, 2.75) is 64.1 Å². The molecular weight excluding hydrogens is 347 g/mol. The Morgan fingerprint density at radius 3 is 2.96 bits per heavy atom. The van der Waals surface area contributed by atoms with E-state index in [-0.39, 0.29) is 12.2 Å². The molecule has 9 heteroatoms. The lowest BCUT2D eigenvalue weighted by atomic mass is 9.80. The average molecular weight is 370 g/mol. The van der Waals surface area contributed by atoms with Gasteiger partial charge in [0.1, 0.15) is 12.0 Å². The van der Waals surface area contributed by atoms with E-state index < -0.39 is 6.08 Å². The normalized spacial score (nSPS) is 30.2. The van der Waals surface area contributed by atoms with Crippen LogP contribution in [0.2, 0.25) is 0 Å². The van der Waals surface area contributed by atoms with Gasteiger partial charge in [0.2, 0.25) is 0 Å². The summed E-state index contributed by atoms with van der Waals surface area (Å²) in [7, 11) is 0. The topological polar surface area (TPSA) is 76.2 Å². The number of anilines is 1. The molecule has 2 aliphatic carbocycles. The fourth-order valence-corrected chi connectivity index (χ4v) is 5.06. The highest BCUT2D eigenvalue weighted by Gasteiger charge is 2.49. The Morgan fingerprint density at radius 1 is 1.26 bits per heavy atom. The Morgan fingerprint density at radius 2 is 2.11 bits per heavy atom. The third kappa shape index (κ3) is 2.20. The number of nitrogens with zero attached hydrogens (tertiary/aromatic N) is 7. The van der Waals surface area contributed by atoms with Crippen molar-refractivity contribution in [3.05, 3.63) is 24.2 Å². The molecule has 2 aliphatic heterocycles. The van der Waals surface area contributed by atoms with Crippen molar-refractivity contribution >= 4 is 11.8 Å². The second-order valence-electron chi connectivity index (χ2n) is 8.75. The Balaban J connectivity index is 1.43. The minimum Gasteiger partial charge on any atom is -0.283 e. The van der Waals surface area contributed by atoms with E-state index in [0.29, 0.717) is 17.3 Å². The van der Waals surface area contributed by atoms with E-state index in [1.54, 1.807) is 10.8 Å². The molecule has 4 heterocycles. The molecule has 27 heavy (non-hydrogen) atoms. The lowest BCUT2D eigenvalue weighted by molar-refractivity contribution is 0.161. The fraction of sp³-hybridized carbons (Fsp3) is 0.667. The van der Waals surface area contributed by atoms with Gasteiger partial charge < -0.3 is 0 Å². The highest BCUT2D eigenvalue weighted by molar-refractivity contribution is 5.98. The van der Waals surface area contributed by atoms with E-state index in [2.05, 4.69) is 37.6 Å². The maximum absolute atomic E-state index is 14.6. The summed E-state index contributed by atoms with van der Waals surface area (Å²) >= 11 is 0. The molecule has 3 atom stereocenters. The number of hydrogen-bond donors (Lipinski definition) is 1. The summed E-state index contributed by atoms with van der Waals surface area (Å²) in [5, 5.41) is 13.1. The van der Waals surface area contributed by atoms with Gasteiger partial charge in [0.25, 0.3) is 12.0 Å². The Labute approximate surface area is 156 Å². The predicted molar refractivity (Wildman–Crippen MR) is 96.5 cm³/mol. The highest BCUT2D eigenvalue weighted by Crippen LogP contribution is 2.48. The zero-order chi connectivity index (χ0) is 18.2. The number of hydrazone groups is 1. The lowest BCUT2D eigenvalue weighted by Gasteiger charge is -2.45. The molecule has 0 radical (unpaired) electrons. The number of imidazole rings is 1. The monoisotopic (exact) mass is 370 g/mol. The summed E-state index contributed by atoms with van der Waals surface area (Å²) in [5.74, 6) is 1.72. The van der Waals surface area contributed by atoms with E-state index >= 15 is 0 Å². The number of aromatic nitrogens is 5. The quantitative estimate of drug-likeness (QED) is 0.878. The molecule has 0 bridgehead atoms. The van der Waals surface area contributed by atoms with Crippen molar-refractivity contribution in [3.63, 3.8) is 0 Å². The first kappa shape index (κ1) is 15.6. The van der Waals surface area contributed by atoms with Gasteiger partial charge in [-0.3, -0.25) is 14.9 Å². The first-order valence-electron chi connectivity index (χ1n) is 9.90. The third-order valence-corrected chi connectivity index (χ3v) is 6.81. The SMILES string of the molecule is CC1(Cc2cnnn2C2=NNC3C4CCCCC4n4c(cnc4F)N23)CC1. The molecule has 2 saturated carbocycles. The molecule has 3 unspecified atom stereocenters. The number of halogens is 1. The van der Waals surface area contributed by atoms with Crippen LogP contribution < -0.4 is 10.3 Å². The highest BCUT2D eigenvalue weighted by atomic mass is 19.1. The molecule has 2 aromatic rings. The third-order valence-electron chi connectivity index (χ3n) is 6.81. The maximum Gasteiger partial charge on any atom is 0.291 e. The first-order valence-corrected chi connectivity index (χ1v) is 9.90. The van der Waals surface area contributed by atoms with Gasteiger partial charge in [-0.25, -0.2) is 4.98 Å². The summed E-state index contributed by atoms with van der Waals surface area (Å²) in [6, 6.07) is 0.139. The minimum atomic E-state index is -0.407.